The highest BCUT2D eigenvalue weighted by Crippen LogP contribution is 2.44. The van der Waals surface area contributed by atoms with Gasteiger partial charge in [-0.1, -0.05) is 42.3 Å². The van der Waals surface area contributed by atoms with Crippen molar-refractivity contribution < 1.29 is 4.79 Å². The molecule has 1 saturated carbocycles. The Morgan fingerprint density at radius 1 is 1.06 bits per heavy atom. The van der Waals surface area contributed by atoms with Crippen molar-refractivity contribution in [1.82, 2.24) is 0 Å². The van der Waals surface area contributed by atoms with Gasteiger partial charge < -0.3 is 0 Å². The van der Waals surface area contributed by atoms with Gasteiger partial charge in [0, 0.05) is 0 Å². The van der Waals surface area contributed by atoms with Gasteiger partial charge in [0.15, 0.2) is 5.78 Å². The van der Waals surface area contributed by atoms with Crippen LogP contribution in [0.3, 0.4) is 0 Å². The minimum absolute atomic E-state index is 0.122. The third-order valence-electron chi connectivity index (χ3n) is 3.90. The summed E-state index contributed by atoms with van der Waals surface area (Å²) in [4.78, 5) is 12.1. The van der Waals surface area contributed by atoms with Gasteiger partial charge >= 0.3 is 0 Å². The van der Waals surface area contributed by atoms with Gasteiger partial charge in [0.25, 0.3) is 0 Å². The van der Waals surface area contributed by atoms with Crippen LogP contribution < -0.4 is 0 Å². The van der Waals surface area contributed by atoms with Gasteiger partial charge in [-0.15, -0.1) is 0 Å². The summed E-state index contributed by atoms with van der Waals surface area (Å²) < 4.78 is 0. The quantitative estimate of drug-likeness (QED) is 0.696. The number of hydrogen-bond acceptors (Lipinski definition) is 1. The summed E-state index contributed by atoms with van der Waals surface area (Å²) in [5, 5.41) is 0. The molecule has 0 N–H and O–H groups in total. The number of allylic oxidation sites excluding steroid dienone is 2. The van der Waals surface area contributed by atoms with Crippen molar-refractivity contribution in [3.8, 4) is 0 Å². The number of carbonyl (C=O) groups is 1. The monoisotopic (exact) mass is 212 g/mol. The second-order valence-corrected chi connectivity index (χ2v) is 4.86. The Bertz CT molecular complexity index is 430. The number of carbonyl (C=O) groups excluding carboxylic acids is 1. The molecule has 0 bridgehead atoms. The van der Waals surface area contributed by atoms with Crippen LogP contribution >= 0.6 is 0 Å². The van der Waals surface area contributed by atoms with E-state index in [1.54, 1.807) is 0 Å². The van der Waals surface area contributed by atoms with E-state index in [0.29, 0.717) is 11.7 Å². The molecule has 0 saturated heterocycles. The summed E-state index contributed by atoms with van der Waals surface area (Å²) in [6.45, 7) is 0. The molecule has 1 nitrogen and oxygen atoms in total. The minimum Gasteiger partial charge on any atom is -0.294 e. The Morgan fingerprint density at radius 3 is 2.69 bits per heavy atom. The molecule has 0 heterocycles. The molecule has 0 amide bonds. The topological polar surface area (TPSA) is 17.1 Å². The molecule has 82 valence electrons. The normalized spacial score (nSPS) is 28.8. The molecular weight excluding hydrogens is 196 g/mol. The lowest BCUT2D eigenvalue weighted by Gasteiger charge is -2.26. The van der Waals surface area contributed by atoms with Gasteiger partial charge in [0.05, 0.1) is 5.92 Å². The molecule has 2 aliphatic carbocycles. The fourth-order valence-corrected chi connectivity index (χ4v) is 3.15. The van der Waals surface area contributed by atoms with E-state index < -0.39 is 0 Å². The highest BCUT2D eigenvalue weighted by atomic mass is 16.1. The summed E-state index contributed by atoms with van der Waals surface area (Å²) >= 11 is 0. The Labute approximate surface area is 96.2 Å². The van der Waals surface area contributed by atoms with Crippen LogP contribution in [-0.4, -0.2) is 5.78 Å². The lowest BCUT2D eigenvalue weighted by molar-refractivity contribution is -0.116. The second kappa shape index (κ2) is 3.89. The summed E-state index contributed by atoms with van der Waals surface area (Å²) in [5.41, 5.74) is 2.61. The van der Waals surface area contributed by atoms with E-state index in [1.165, 1.54) is 30.4 Å². The van der Waals surface area contributed by atoms with E-state index in [-0.39, 0.29) is 5.92 Å². The molecule has 0 radical (unpaired) electrons. The first kappa shape index (κ1) is 9.83. The molecule has 2 atom stereocenters. The Morgan fingerprint density at radius 2 is 1.88 bits per heavy atom. The molecular formula is C15H16O. The van der Waals surface area contributed by atoms with Gasteiger partial charge in [-0.2, -0.15) is 0 Å². The van der Waals surface area contributed by atoms with Crippen LogP contribution in [-0.2, 0) is 4.79 Å². The van der Waals surface area contributed by atoms with Crippen molar-refractivity contribution in [1.29, 1.82) is 0 Å². The maximum absolute atomic E-state index is 12.1. The second-order valence-electron chi connectivity index (χ2n) is 4.86. The first-order chi connectivity index (χ1) is 7.86. The van der Waals surface area contributed by atoms with Crippen molar-refractivity contribution in [2.24, 2.45) is 5.92 Å². The smallest absolute Gasteiger partial charge is 0.163 e. The molecule has 1 heteroatoms. The average Bonchev–Trinajstić information content (AvgIpc) is 2.66. The average molecular weight is 212 g/mol. The standard InChI is InChI=1S/C15H16O/c16-14-10-12-8-4-5-9-13(12)15(14)11-6-2-1-3-7-11/h1-3,6-7,10,13,15H,4-5,8-9H2/t13-,15+/m1/s1. The zero-order valence-electron chi connectivity index (χ0n) is 9.36. The predicted molar refractivity (Wildman–Crippen MR) is 64.2 cm³/mol. The molecule has 1 aromatic rings. The largest absolute Gasteiger partial charge is 0.294 e. The van der Waals surface area contributed by atoms with Gasteiger partial charge in [0.1, 0.15) is 0 Å². The number of ketones is 1. The highest BCUT2D eigenvalue weighted by Gasteiger charge is 2.37. The van der Waals surface area contributed by atoms with Crippen LogP contribution in [0.25, 0.3) is 0 Å². The first-order valence-corrected chi connectivity index (χ1v) is 6.15. The van der Waals surface area contributed by atoms with Crippen molar-refractivity contribution in [3.05, 3.63) is 47.5 Å². The molecule has 0 aromatic heterocycles. The maximum Gasteiger partial charge on any atom is 0.163 e. The van der Waals surface area contributed by atoms with Crippen molar-refractivity contribution in [2.75, 3.05) is 0 Å². The molecule has 1 fully saturated rings. The Balaban J connectivity index is 1.95. The number of hydrogen-bond donors (Lipinski definition) is 0. The van der Waals surface area contributed by atoms with Crippen LogP contribution in [0.15, 0.2) is 42.0 Å². The van der Waals surface area contributed by atoms with E-state index in [0.717, 1.165) is 6.42 Å². The van der Waals surface area contributed by atoms with Gasteiger partial charge in [-0.05, 0) is 36.8 Å². The van der Waals surface area contributed by atoms with E-state index in [2.05, 4.69) is 12.1 Å². The van der Waals surface area contributed by atoms with Crippen molar-refractivity contribution >= 4 is 5.78 Å². The van der Waals surface area contributed by atoms with Gasteiger partial charge in [0.2, 0.25) is 0 Å². The Hall–Kier alpha value is -1.37. The fourth-order valence-electron chi connectivity index (χ4n) is 3.15. The summed E-state index contributed by atoms with van der Waals surface area (Å²) in [5.74, 6) is 0.952. The predicted octanol–water partition coefficient (Wildman–Crippen LogP) is 3.47. The van der Waals surface area contributed by atoms with E-state index in [1.807, 2.05) is 24.3 Å². The van der Waals surface area contributed by atoms with E-state index in [9.17, 15) is 4.79 Å². The highest BCUT2D eigenvalue weighted by molar-refractivity contribution is 5.99. The zero-order valence-corrected chi connectivity index (χ0v) is 9.36. The third kappa shape index (κ3) is 1.51. The Kier molecular flexibility index (Phi) is 2.39. The first-order valence-electron chi connectivity index (χ1n) is 6.15. The number of fused-ring (bicyclic) bond motifs is 1. The van der Waals surface area contributed by atoms with Gasteiger partial charge in [-0.25, -0.2) is 0 Å². The van der Waals surface area contributed by atoms with E-state index >= 15 is 0 Å². The molecule has 0 spiro atoms. The van der Waals surface area contributed by atoms with Crippen LogP contribution in [0.1, 0.15) is 37.2 Å². The molecule has 16 heavy (non-hydrogen) atoms. The maximum atomic E-state index is 12.1. The van der Waals surface area contributed by atoms with E-state index in [4.69, 9.17) is 0 Å². The SMILES string of the molecule is O=C1C=C2CCCC[C@H]2[C@@H]1c1ccccc1. The molecule has 2 aliphatic rings. The molecule has 0 aliphatic heterocycles. The van der Waals surface area contributed by atoms with Crippen molar-refractivity contribution in [2.45, 2.75) is 31.6 Å². The molecule has 0 unspecified atom stereocenters. The summed E-state index contributed by atoms with van der Waals surface area (Å²) in [6.07, 6.45) is 6.79. The van der Waals surface area contributed by atoms with Crippen LogP contribution in [0.2, 0.25) is 0 Å². The third-order valence-corrected chi connectivity index (χ3v) is 3.90. The molecule has 3 rings (SSSR count). The van der Waals surface area contributed by atoms with Crippen LogP contribution in [0.4, 0.5) is 0 Å². The number of benzene rings is 1. The number of rotatable bonds is 1. The lowest BCUT2D eigenvalue weighted by atomic mass is 9.77. The summed E-state index contributed by atoms with van der Waals surface area (Å²) in [7, 11) is 0. The van der Waals surface area contributed by atoms with Crippen LogP contribution in [0.5, 0.6) is 0 Å². The van der Waals surface area contributed by atoms with Gasteiger partial charge in [-0.3, -0.25) is 4.79 Å². The minimum atomic E-state index is 0.122. The van der Waals surface area contributed by atoms with Crippen molar-refractivity contribution in [3.63, 3.8) is 0 Å². The van der Waals surface area contributed by atoms with Crippen LogP contribution in [0, 0.1) is 5.92 Å². The fraction of sp³-hybridized carbons (Fsp3) is 0.400. The zero-order chi connectivity index (χ0) is 11.0. The summed E-state index contributed by atoms with van der Waals surface area (Å²) in [6, 6.07) is 10.3. The molecule has 1 aromatic carbocycles. The lowest BCUT2D eigenvalue weighted by Crippen LogP contribution is -2.17.